The number of nitrogens with one attached hydrogen (secondary N) is 1. The lowest BCUT2D eigenvalue weighted by Crippen LogP contribution is -2.44. The third kappa shape index (κ3) is 4.71. The fourth-order valence-electron chi connectivity index (χ4n) is 4.41. The van der Waals surface area contributed by atoms with Crippen molar-refractivity contribution >= 4 is 40.2 Å². The van der Waals surface area contributed by atoms with Gasteiger partial charge in [-0.05, 0) is 49.5 Å². The summed E-state index contributed by atoms with van der Waals surface area (Å²) in [6.07, 6.45) is 1.62. The second-order valence-corrected chi connectivity index (χ2v) is 8.99. The quantitative estimate of drug-likeness (QED) is 0.287. The molecule has 5 rings (SSSR count). The van der Waals surface area contributed by atoms with E-state index in [1.54, 1.807) is 42.6 Å². The van der Waals surface area contributed by atoms with Crippen LogP contribution in [0.3, 0.4) is 0 Å². The number of aromatic nitrogens is 1. The van der Waals surface area contributed by atoms with Crippen LogP contribution in [0.15, 0.2) is 71.7 Å². The molecule has 0 aliphatic carbocycles. The number of aromatic hydroxyl groups is 1. The molecule has 1 aliphatic rings. The summed E-state index contributed by atoms with van der Waals surface area (Å²) in [6, 6.07) is 19.5. The molecule has 0 saturated carbocycles. The van der Waals surface area contributed by atoms with Gasteiger partial charge >= 0.3 is 0 Å². The van der Waals surface area contributed by atoms with Gasteiger partial charge in [-0.2, -0.15) is 0 Å². The van der Waals surface area contributed by atoms with Crippen LogP contribution in [0.5, 0.6) is 5.88 Å². The number of nitrogens with two attached hydrogens (primary N) is 1. The molecule has 4 N–H and O–H groups in total. The van der Waals surface area contributed by atoms with Gasteiger partial charge in [0.15, 0.2) is 11.7 Å². The third-order valence-corrected chi connectivity index (χ3v) is 6.55. The Labute approximate surface area is 208 Å². The molecule has 2 heterocycles. The molecule has 8 heteroatoms. The number of anilines is 1. The molecule has 8 nitrogen and oxygen atoms in total. The summed E-state index contributed by atoms with van der Waals surface area (Å²) in [5, 5.41) is 11.2. The minimum atomic E-state index is -0.590. The molecule has 1 amide bonds. The Kier molecular flexibility index (Phi) is 6.26. The number of rotatable bonds is 6. The topological polar surface area (TPSA) is 115 Å². The summed E-state index contributed by atoms with van der Waals surface area (Å²) in [7, 11) is 2.14. The lowest BCUT2D eigenvalue weighted by Gasteiger charge is -2.34. The third-order valence-electron chi connectivity index (χ3n) is 6.55. The van der Waals surface area contributed by atoms with E-state index in [2.05, 4.69) is 39.0 Å². The first-order valence-corrected chi connectivity index (χ1v) is 11.8. The lowest BCUT2D eigenvalue weighted by atomic mass is 10.00. The first kappa shape index (κ1) is 23.3. The van der Waals surface area contributed by atoms with Crippen LogP contribution in [0.4, 0.5) is 11.4 Å². The van der Waals surface area contributed by atoms with Gasteiger partial charge in [0, 0.05) is 65.7 Å². The van der Waals surface area contributed by atoms with Crippen molar-refractivity contribution < 1.29 is 14.7 Å². The van der Waals surface area contributed by atoms with Gasteiger partial charge in [-0.1, -0.05) is 24.3 Å². The number of carbonyl (C=O) groups is 2. The van der Waals surface area contributed by atoms with Gasteiger partial charge in [-0.25, -0.2) is 0 Å². The maximum atomic E-state index is 13.0. The lowest BCUT2D eigenvalue weighted by molar-refractivity contribution is 0.1000. The number of amides is 1. The maximum absolute atomic E-state index is 13.0. The van der Waals surface area contributed by atoms with Gasteiger partial charge in [0.05, 0.1) is 11.3 Å². The zero-order valence-electron chi connectivity index (χ0n) is 19.9. The van der Waals surface area contributed by atoms with Crippen LogP contribution in [0, 0.1) is 0 Å². The summed E-state index contributed by atoms with van der Waals surface area (Å²) in [5.74, 6) is -0.861. The molecule has 0 unspecified atom stereocenters. The highest BCUT2D eigenvalue weighted by molar-refractivity contribution is 6.12. The van der Waals surface area contributed by atoms with Gasteiger partial charge in [-0.15, -0.1) is 0 Å². The van der Waals surface area contributed by atoms with Crippen molar-refractivity contribution in [2.24, 2.45) is 10.7 Å². The number of piperazine rings is 1. The van der Waals surface area contributed by atoms with Crippen molar-refractivity contribution in [3.05, 3.63) is 89.0 Å². The molecule has 1 aliphatic heterocycles. The molecular formula is C28H27N5O3. The zero-order chi connectivity index (χ0) is 25.2. The summed E-state index contributed by atoms with van der Waals surface area (Å²) in [6.45, 7) is 4.10. The largest absolute Gasteiger partial charge is 0.494 e. The zero-order valence-corrected chi connectivity index (χ0v) is 19.9. The van der Waals surface area contributed by atoms with Gasteiger partial charge in [0.2, 0.25) is 5.91 Å². The first-order chi connectivity index (χ1) is 17.4. The highest BCUT2D eigenvalue weighted by atomic mass is 16.3. The summed E-state index contributed by atoms with van der Waals surface area (Å²) in [4.78, 5) is 36.6. The van der Waals surface area contributed by atoms with Crippen LogP contribution in [-0.2, 0) is 0 Å². The molecule has 1 saturated heterocycles. The van der Waals surface area contributed by atoms with Crippen LogP contribution in [0.2, 0.25) is 0 Å². The number of nitrogens with zero attached hydrogens (tertiary/aromatic N) is 3. The monoisotopic (exact) mass is 481 g/mol. The van der Waals surface area contributed by atoms with Crippen molar-refractivity contribution in [2.45, 2.75) is 0 Å². The SMILES string of the molecule is CN1CCN(c2ccc(N=Cc3c(O)[nH]c4cc(C(=O)c5cccc(C(N)=O)c5)ccc34)cc2)CC1. The minimum Gasteiger partial charge on any atom is -0.494 e. The van der Waals surface area contributed by atoms with E-state index < -0.39 is 5.91 Å². The number of likely N-dealkylation sites (N-methyl/N-ethyl adjacent to an activating group) is 1. The molecule has 0 spiro atoms. The molecule has 4 aromatic rings. The average Bonchev–Trinajstić information content (AvgIpc) is 3.21. The highest BCUT2D eigenvalue weighted by Gasteiger charge is 2.16. The van der Waals surface area contributed by atoms with E-state index >= 15 is 0 Å². The maximum Gasteiger partial charge on any atom is 0.248 e. The van der Waals surface area contributed by atoms with Gasteiger partial charge in [0.25, 0.3) is 0 Å². The Morgan fingerprint density at radius 2 is 1.64 bits per heavy atom. The standard InChI is InChI=1S/C28H27N5O3/c1-32-11-13-33(14-12-32)22-8-6-21(7-9-22)30-17-24-23-10-5-19(16-25(23)31-28(24)36)26(34)18-3-2-4-20(15-18)27(29)35/h2-10,15-17,31,36H,11-14H2,1H3,(H2,29,35). The average molecular weight is 482 g/mol. The molecular weight excluding hydrogens is 454 g/mol. The van der Waals surface area contributed by atoms with Crippen molar-refractivity contribution in [3.63, 3.8) is 0 Å². The number of fused-ring (bicyclic) bond motifs is 1. The van der Waals surface area contributed by atoms with Crippen LogP contribution in [0.25, 0.3) is 10.9 Å². The Bertz CT molecular complexity index is 1460. The second-order valence-electron chi connectivity index (χ2n) is 8.99. The summed E-state index contributed by atoms with van der Waals surface area (Å²) >= 11 is 0. The molecule has 0 radical (unpaired) electrons. The van der Waals surface area contributed by atoms with E-state index in [-0.39, 0.29) is 17.2 Å². The van der Waals surface area contributed by atoms with E-state index in [1.165, 1.54) is 11.8 Å². The fraction of sp³-hybridized carbons (Fsp3) is 0.179. The normalized spacial score (nSPS) is 14.5. The van der Waals surface area contributed by atoms with E-state index in [1.807, 2.05) is 12.1 Å². The van der Waals surface area contributed by atoms with E-state index in [0.29, 0.717) is 22.2 Å². The number of aromatic amines is 1. The smallest absolute Gasteiger partial charge is 0.248 e. The Morgan fingerprint density at radius 1 is 0.944 bits per heavy atom. The number of ketones is 1. The van der Waals surface area contributed by atoms with E-state index in [4.69, 9.17) is 5.73 Å². The molecule has 1 aromatic heterocycles. The number of hydrogen-bond donors (Lipinski definition) is 3. The minimum absolute atomic E-state index is 0.0249. The van der Waals surface area contributed by atoms with Crippen LogP contribution < -0.4 is 10.6 Å². The fourth-order valence-corrected chi connectivity index (χ4v) is 4.41. The van der Waals surface area contributed by atoms with Crippen molar-refractivity contribution in [1.82, 2.24) is 9.88 Å². The number of aliphatic imine (C=N–C) groups is 1. The number of carbonyl (C=O) groups excluding carboxylic acids is 2. The van der Waals surface area contributed by atoms with Crippen molar-refractivity contribution in [2.75, 3.05) is 38.1 Å². The predicted molar refractivity (Wildman–Crippen MR) is 142 cm³/mol. The van der Waals surface area contributed by atoms with Gasteiger partial charge in [-0.3, -0.25) is 14.6 Å². The van der Waals surface area contributed by atoms with Crippen molar-refractivity contribution in [1.29, 1.82) is 0 Å². The number of primary amides is 1. The number of H-pyrrole nitrogens is 1. The van der Waals surface area contributed by atoms with Crippen LogP contribution in [0.1, 0.15) is 31.8 Å². The Balaban J connectivity index is 1.35. The highest BCUT2D eigenvalue weighted by Crippen LogP contribution is 2.28. The Morgan fingerprint density at radius 3 is 2.36 bits per heavy atom. The van der Waals surface area contributed by atoms with E-state index in [0.717, 1.165) is 37.3 Å². The molecule has 182 valence electrons. The molecule has 1 fully saturated rings. The second kappa shape index (κ2) is 9.67. The predicted octanol–water partition coefficient (Wildman–Crippen LogP) is 3.71. The van der Waals surface area contributed by atoms with Crippen LogP contribution >= 0.6 is 0 Å². The molecule has 36 heavy (non-hydrogen) atoms. The Hall–Kier alpha value is -4.43. The van der Waals surface area contributed by atoms with Crippen molar-refractivity contribution in [3.8, 4) is 5.88 Å². The summed E-state index contributed by atoms with van der Waals surface area (Å²) < 4.78 is 0. The van der Waals surface area contributed by atoms with E-state index in [9.17, 15) is 14.7 Å². The molecule has 0 atom stereocenters. The number of benzene rings is 3. The van der Waals surface area contributed by atoms with Gasteiger partial charge < -0.3 is 25.6 Å². The molecule has 0 bridgehead atoms. The van der Waals surface area contributed by atoms with Crippen LogP contribution in [-0.4, -0.2) is 66.1 Å². The first-order valence-electron chi connectivity index (χ1n) is 11.8. The number of hydrogen-bond acceptors (Lipinski definition) is 6. The summed E-state index contributed by atoms with van der Waals surface area (Å²) in [5.41, 5.74) is 9.50. The van der Waals surface area contributed by atoms with Gasteiger partial charge in [0.1, 0.15) is 0 Å². The molecule has 3 aromatic carbocycles.